The predicted octanol–water partition coefficient (Wildman–Crippen LogP) is 5.76. The van der Waals surface area contributed by atoms with Crippen LogP contribution >= 0.6 is 0 Å². The molecule has 146 valence electrons. The summed E-state index contributed by atoms with van der Waals surface area (Å²) < 4.78 is 38.4. The van der Waals surface area contributed by atoms with Gasteiger partial charge in [-0.2, -0.15) is 8.78 Å². The molecule has 2 aromatic rings. The zero-order valence-electron chi connectivity index (χ0n) is 16.1. The average Bonchev–Trinajstić information content (AvgIpc) is 2.64. The van der Waals surface area contributed by atoms with Gasteiger partial charge in [0.25, 0.3) is 0 Å². The van der Waals surface area contributed by atoms with Crippen LogP contribution in [0.2, 0.25) is 0 Å². The van der Waals surface area contributed by atoms with Crippen LogP contribution < -0.4 is 11.1 Å². The molecule has 0 spiro atoms. The highest BCUT2D eigenvalue weighted by atomic mass is 19.3. The summed E-state index contributed by atoms with van der Waals surface area (Å²) in [5.74, 6) is -0.253. The van der Waals surface area contributed by atoms with Crippen molar-refractivity contribution in [2.75, 3.05) is 5.32 Å². The molecule has 3 N–H and O–H groups in total. The van der Waals surface area contributed by atoms with Gasteiger partial charge in [-0.1, -0.05) is 38.1 Å². The number of alkyl halides is 2. The van der Waals surface area contributed by atoms with Crippen LogP contribution in [0.1, 0.15) is 37.5 Å². The number of rotatable bonds is 6. The molecule has 3 nitrogen and oxygen atoms in total. The smallest absolute Gasteiger partial charge is 0.331 e. The van der Waals surface area contributed by atoms with E-state index in [9.17, 15) is 13.2 Å². The molecule has 0 saturated heterocycles. The fraction of sp³-hybridized carbons (Fsp3) is 0.286. The van der Waals surface area contributed by atoms with Gasteiger partial charge in [0, 0.05) is 35.3 Å². The molecular formula is C21H26F3N3. The molecule has 0 aliphatic rings. The maximum absolute atomic E-state index is 13.8. The predicted molar refractivity (Wildman–Crippen MR) is 108 cm³/mol. The Balaban J connectivity index is 0.00000176. The lowest BCUT2D eigenvalue weighted by molar-refractivity contribution is 0.161. The fourth-order valence-corrected chi connectivity index (χ4v) is 2.38. The third-order valence-corrected chi connectivity index (χ3v) is 3.76. The van der Waals surface area contributed by atoms with Crippen molar-refractivity contribution in [3.63, 3.8) is 0 Å². The molecule has 0 heterocycles. The van der Waals surface area contributed by atoms with Crippen molar-refractivity contribution in [1.29, 1.82) is 0 Å². The summed E-state index contributed by atoms with van der Waals surface area (Å²) in [5, 5.41) is 3.15. The van der Waals surface area contributed by atoms with Gasteiger partial charge in [-0.25, -0.2) is 9.38 Å². The molecule has 0 atom stereocenters. The molecule has 2 rings (SSSR count). The number of hydrogen-bond acceptors (Lipinski definition) is 3. The highest BCUT2D eigenvalue weighted by Gasteiger charge is 2.06. The van der Waals surface area contributed by atoms with Gasteiger partial charge in [0.2, 0.25) is 0 Å². The minimum absolute atomic E-state index is 0.253. The zero-order valence-corrected chi connectivity index (χ0v) is 16.1. The van der Waals surface area contributed by atoms with E-state index in [-0.39, 0.29) is 5.82 Å². The Morgan fingerprint density at radius 2 is 1.78 bits per heavy atom. The van der Waals surface area contributed by atoms with E-state index in [2.05, 4.69) is 10.3 Å². The number of aliphatic imine (C=N–C) groups is 1. The second kappa shape index (κ2) is 11.1. The maximum atomic E-state index is 13.8. The Kier molecular flexibility index (Phi) is 9.13. The summed E-state index contributed by atoms with van der Waals surface area (Å²) in [6, 6.07) is 12.0. The molecular weight excluding hydrogens is 351 g/mol. The number of nitrogens with zero attached hydrogens (tertiary/aromatic N) is 1. The molecule has 0 unspecified atom stereocenters. The lowest BCUT2D eigenvalue weighted by Crippen LogP contribution is -2.04. The van der Waals surface area contributed by atoms with Gasteiger partial charge in [0.1, 0.15) is 5.82 Å². The van der Waals surface area contributed by atoms with Crippen LogP contribution in [0.3, 0.4) is 0 Å². The molecule has 0 saturated carbocycles. The first kappa shape index (κ1) is 22.3. The van der Waals surface area contributed by atoms with Crippen molar-refractivity contribution in [3.8, 4) is 0 Å². The fourth-order valence-electron chi connectivity index (χ4n) is 2.38. The number of nitrogens with one attached hydrogen (secondary N) is 1. The normalized spacial score (nSPS) is 11.9. The number of aryl methyl sites for hydroxylation is 1. The van der Waals surface area contributed by atoms with E-state index in [1.807, 2.05) is 26.8 Å². The molecule has 0 aromatic heterocycles. The van der Waals surface area contributed by atoms with Gasteiger partial charge in [-0.3, -0.25) is 0 Å². The van der Waals surface area contributed by atoms with E-state index in [1.165, 1.54) is 6.07 Å². The molecule has 2 aromatic carbocycles. The number of hydrogen-bond donors (Lipinski definition) is 2. The second-order valence-electron chi connectivity index (χ2n) is 5.62. The number of halogens is 3. The second-order valence-corrected chi connectivity index (χ2v) is 5.62. The molecule has 0 fully saturated rings. The number of anilines is 1. The Bertz CT molecular complexity index is 758. The van der Waals surface area contributed by atoms with Gasteiger partial charge in [-0.15, -0.1) is 0 Å². The molecule has 0 radical (unpaired) electrons. The molecule has 27 heavy (non-hydrogen) atoms. The van der Waals surface area contributed by atoms with Crippen molar-refractivity contribution in [2.24, 2.45) is 10.7 Å². The van der Waals surface area contributed by atoms with Crippen LogP contribution in [-0.2, 0) is 6.54 Å². The van der Waals surface area contributed by atoms with Crippen LogP contribution in [0.4, 0.5) is 18.9 Å². The van der Waals surface area contributed by atoms with Gasteiger partial charge >= 0.3 is 6.55 Å². The summed E-state index contributed by atoms with van der Waals surface area (Å²) in [6.45, 7) is 5.05. The summed E-state index contributed by atoms with van der Waals surface area (Å²) in [6.07, 6.45) is 1.07. The van der Waals surface area contributed by atoms with E-state index in [4.69, 9.17) is 5.73 Å². The largest absolute Gasteiger partial charge is 0.402 e. The monoisotopic (exact) mass is 377 g/mol. The molecule has 0 aliphatic heterocycles. The highest BCUT2D eigenvalue weighted by Crippen LogP contribution is 2.20. The third-order valence-electron chi connectivity index (χ3n) is 3.76. The zero-order chi connectivity index (χ0) is 20.4. The summed E-state index contributed by atoms with van der Waals surface area (Å²) >= 11 is 0. The Morgan fingerprint density at radius 3 is 2.30 bits per heavy atom. The lowest BCUT2D eigenvalue weighted by atomic mass is 10.0. The summed E-state index contributed by atoms with van der Waals surface area (Å²) in [5.41, 5.74) is 9.52. The van der Waals surface area contributed by atoms with E-state index >= 15 is 0 Å². The van der Waals surface area contributed by atoms with Crippen LogP contribution in [0, 0.1) is 12.7 Å². The first-order valence-corrected chi connectivity index (χ1v) is 8.74. The minimum Gasteiger partial charge on any atom is -0.402 e. The van der Waals surface area contributed by atoms with Crippen molar-refractivity contribution in [2.45, 2.75) is 40.8 Å². The Labute approximate surface area is 158 Å². The average molecular weight is 377 g/mol. The van der Waals surface area contributed by atoms with Crippen LogP contribution in [-0.4, -0.2) is 12.8 Å². The highest BCUT2D eigenvalue weighted by molar-refractivity contribution is 6.10. The SMILES string of the molecule is C/C(N)=C(/C=N/C(F)F)c1ccc(NCc2c(C)cccc2F)cc1.CC. The van der Waals surface area contributed by atoms with Gasteiger partial charge in [-0.05, 0) is 43.2 Å². The summed E-state index contributed by atoms with van der Waals surface area (Å²) in [7, 11) is 0. The Hall–Kier alpha value is -2.76. The molecule has 6 heteroatoms. The minimum atomic E-state index is -2.78. The van der Waals surface area contributed by atoms with Gasteiger partial charge in [0.15, 0.2) is 0 Å². The van der Waals surface area contributed by atoms with Gasteiger partial charge in [0.05, 0.1) is 0 Å². The Morgan fingerprint density at radius 1 is 1.15 bits per heavy atom. The molecule has 0 amide bonds. The lowest BCUT2D eigenvalue weighted by Gasteiger charge is -2.11. The third kappa shape index (κ3) is 6.81. The first-order chi connectivity index (χ1) is 12.9. The number of nitrogens with two attached hydrogens (primary N) is 1. The summed E-state index contributed by atoms with van der Waals surface area (Å²) in [4.78, 5) is 3.09. The number of benzene rings is 2. The van der Waals surface area contributed by atoms with E-state index in [1.54, 1.807) is 37.3 Å². The van der Waals surface area contributed by atoms with Crippen molar-refractivity contribution >= 4 is 17.5 Å². The van der Waals surface area contributed by atoms with Crippen molar-refractivity contribution in [3.05, 3.63) is 70.7 Å². The molecule has 0 bridgehead atoms. The maximum Gasteiger partial charge on any atom is 0.331 e. The van der Waals surface area contributed by atoms with Crippen LogP contribution in [0.5, 0.6) is 0 Å². The van der Waals surface area contributed by atoms with Crippen LogP contribution in [0.15, 0.2) is 53.2 Å². The quantitative estimate of drug-likeness (QED) is 0.497. The van der Waals surface area contributed by atoms with Crippen LogP contribution in [0.25, 0.3) is 5.57 Å². The standard InChI is InChI=1S/C19H20F3N3.C2H6/c1-12-4-3-5-18(20)16(12)10-24-15-8-6-14(7-9-15)17(13(2)23)11-25-19(21)22;1-2/h3-9,11,19,24H,10,23H2,1-2H3;1-2H3/b17-13+,25-11+;. The molecule has 0 aliphatic carbocycles. The van der Waals surface area contributed by atoms with E-state index in [0.29, 0.717) is 28.9 Å². The van der Waals surface area contributed by atoms with Crippen molar-refractivity contribution in [1.82, 2.24) is 0 Å². The topological polar surface area (TPSA) is 50.4 Å². The van der Waals surface area contributed by atoms with Crippen molar-refractivity contribution < 1.29 is 13.2 Å². The number of allylic oxidation sites excluding steroid dienone is 2. The van der Waals surface area contributed by atoms with Gasteiger partial charge < -0.3 is 11.1 Å². The van der Waals surface area contributed by atoms with E-state index in [0.717, 1.165) is 17.5 Å². The first-order valence-electron chi connectivity index (χ1n) is 8.74. The van der Waals surface area contributed by atoms with E-state index < -0.39 is 6.55 Å².